The maximum absolute atomic E-state index is 12.2. The lowest BCUT2D eigenvalue weighted by atomic mass is 9.44. The number of Topliss-reactive ketones (excluding diaryl/α,β-unsaturated/α-hetero) is 1. The van der Waals surface area contributed by atoms with Crippen LogP contribution >= 0.6 is 0 Å². The average Bonchev–Trinajstić information content (AvgIpc) is 2.78. The molecule has 4 aliphatic carbocycles. The van der Waals surface area contributed by atoms with E-state index < -0.39 is 16.6 Å². The van der Waals surface area contributed by atoms with Gasteiger partial charge in [0.25, 0.3) is 0 Å². The fourth-order valence-corrected chi connectivity index (χ4v) is 7.11. The van der Waals surface area contributed by atoms with E-state index in [1.54, 1.807) is 0 Å². The first kappa shape index (κ1) is 17.4. The van der Waals surface area contributed by atoms with Crippen LogP contribution < -0.4 is 0 Å². The molecule has 0 heterocycles. The first-order valence-corrected chi connectivity index (χ1v) is 9.78. The number of ketones is 2. The Kier molecular flexibility index (Phi) is 3.51. The summed E-state index contributed by atoms with van der Waals surface area (Å²) in [5.41, 5.74) is -1.93. The summed E-state index contributed by atoms with van der Waals surface area (Å²) >= 11 is 0. The van der Waals surface area contributed by atoms with Crippen LogP contribution in [0.25, 0.3) is 0 Å². The molecule has 2 N–H and O–H groups in total. The molecule has 3 fully saturated rings. The fraction of sp³-hybridized carbons (Fsp3) is 0.810. The van der Waals surface area contributed by atoms with Crippen molar-refractivity contribution in [1.29, 1.82) is 0 Å². The molecule has 4 aliphatic rings. The van der Waals surface area contributed by atoms with Crippen LogP contribution in [0.5, 0.6) is 0 Å². The number of hydrogen-bond donors (Lipinski definition) is 2. The van der Waals surface area contributed by atoms with Gasteiger partial charge in [0.2, 0.25) is 0 Å². The third-order valence-corrected chi connectivity index (χ3v) is 8.88. The van der Waals surface area contributed by atoms with Crippen LogP contribution in [0.2, 0.25) is 0 Å². The van der Waals surface area contributed by atoms with Crippen LogP contribution in [-0.2, 0) is 9.59 Å². The molecule has 138 valence electrons. The second kappa shape index (κ2) is 5.04. The summed E-state index contributed by atoms with van der Waals surface area (Å²) in [5.74, 6) is 0.440. The Hall–Kier alpha value is -1.00. The molecule has 4 nitrogen and oxygen atoms in total. The minimum Gasteiger partial charge on any atom is -0.389 e. The average molecular weight is 346 g/mol. The smallest absolute Gasteiger partial charge is 0.161 e. The number of fused-ring (bicyclic) bond motifs is 5. The summed E-state index contributed by atoms with van der Waals surface area (Å²) in [6, 6.07) is 0. The van der Waals surface area contributed by atoms with Gasteiger partial charge in [0.05, 0.1) is 5.60 Å². The van der Waals surface area contributed by atoms with E-state index in [0.29, 0.717) is 31.6 Å². The normalized spacial score (nSPS) is 52.0. The molecule has 1 unspecified atom stereocenters. The highest BCUT2D eigenvalue weighted by Gasteiger charge is 2.72. The van der Waals surface area contributed by atoms with E-state index in [9.17, 15) is 19.8 Å². The summed E-state index contributed by atoms with van der Waals surface area (Å²) in [4.78, 5) is 24.1. The van der Waals surface area contributed by atoms with Crippen LogP contribution in [-0.4, -0.2) is 33.0 Å². The first-order valence-electron chi connectivity index (χ1n) is 9.78. The van der Waals surface area contributed by atoms with E-state index >= 15 is 0 Å². The van der Waals surface area contributed by atoms with Gasteiger partial charge in [-0.2, -0.15) is 0 Å². The van der Waals surface area contributed by atoms with Crippen LogP contribution in [0.4, 0.5) is 0 Å². The maximum Gasteiger partial charge on any atom is 0.161 e. The zero-order valence-electron chi connectivity index (χ0n) is 15.6. The molecule has 4 rings (SSSR count). The molecular weight excluding hydrogens is 316 g/mol. The molecule has 0 aromatic rings. The number of rotatable bonds is 1. The van der Waals surface area contributed by atoms with Crippen LogP contribution in [0.3, 0.4) is 0 Å². The largest absolute Gasteiger partial charge is 0.389 e. The predicted molar refractivity (Wildman–Crippen MR) is 93.8 cm³/mol. The van der Waals surface area contributed by atoms with Crippen molar-refractivity contribution >= 4 is 11.6 Å². The van der Waals surface area contributed by atoms with Crippen molar-refractivity contribution in [3.8, 4) is 0 Å². The van der Waals surface area contributed by atoms with Crippen molar-refractivity contribution in [2.75, 3.05) is 0 Å². The van der Waals surface area contributed by atoms with E-state index in [0.717, 1.165) is 25.7 Å². The van der Waals surface area contributed by atoms with E-state index in [1.165, 1.54) is 12.5 Å². The van der Waals surface area contributed by atoms with Crippen molar-refractivity contribution < 1.29 is 19.8 Å². The third kappa shape index (κ3) is 1.90. The molecule has 0 radical (unpaired) electrons. The van der Waals surface area contributed by atoms with E-state index in [-0.39, 0.29) is 22.9 Å². The number of hydrogen-bond acceptors (Lipinski definition) is 4. The summed E-state index contributed by atoms with van der Waals surface area (Å²) < 4.78 is 0. The lowest BCUT2D eigenvalue weighted by Crippen LogP contribution is -2.65. The van der Waals surface area contributed by atoms with Crippen LogP contribution in [0.1, 0.15) is 72.1 Å². The highest BCUT2D eigenvalue weighted by molar-refractivity contribution is 5.91. The lowest BCUT2D eigenvalue weighted by molar-refractivity contribution is -0.216. The molecule has 4 heteroatoms. The molecule has 0 spiro atoms. The fourth-order valence-electron chi connectivity index (χ4n) is 7.11. The number of aliphatic hydroxyl groups is 2. The van der Waals surface area contributed by atoms with Gasteiger partial charge in [-0.15, -0.1) is 0 Å². The van der Waals surface area contributed by atoms with Crippen molar-refractivity contribution in [3.05, 3.63) is 11.6 Å². The lowest BCUT2D eigenvalue weighted by Gasteiger charge is -2.62. The van der Waals surface area contributed by atoms with Gasteiger partial charge >= 0.3 is 0 Å². The highest BCUT2D eigenvalue weighted by atomic mass is 16.3. The molecule has 6 atom stereocenters. The molecule has 0 aromatic heterocycles. The molecule has 0 bridgehead atoms. The minimum absolute atomic E-state index is 0.0230. The molecule has 0 amide bonds. The van der Waals surface area contributed by atoms with Gasteiger partial charge in [0, 0.05) is 11.8 Å². The Balaban J connectivity index is 1.76. The van der Waals surface area contributed by atoms with E-state index in [1.807, 2.05) is 13.0 Å². The molecule has 0 saturated heterocycles. The SMILES string of the molecule is CC(=O)[C@@]1(O)CCC2(O)[C@@H]3CCC4=CC(=O)CC[C@]4(C)[C@H]3CC[C@@]21C. The van der Waals surface area contributed by atoms with E-state index in [4.69, 9.17) is 0 Å². The number of allylic oxidation sites excluding steroid dienone is 1. The quantitative estimate of drug-likeness (QED) is 0.765. The van der Waals surface area contributed by atoms with Gasteiger partial charge in [-0.25, -0.2) is 0 Å². The van der Waals surface area contributed by atoms with Gasteiger partial charge < -0.3 is 10.2 Å². The van der Waals surface area contributed by atoms with Crippen molar-refractivity contribution in [2.24, 2.45) is 22.7 Å². The number of carbonyl (C=O) groups excluding carboxylic acids is 2. The Labute approximate surface area is 149 Å². The van der Waals surface area contributed by atoms with Crippen molar-refractivity contribution in [3.63, 3.8) is 0 Å². The monoisotopic (exact) mass is 346 g/mol. The van der Waals surface area contributed by atoms with Crippen LogP contribution in [0, 0.1) is 22.7 Å². The summed E-state index contributed by atoms with van der Waals surface area (Å²) in [5, 5.41) is 23.0. The third-order valence-electron chi connectivity index (χ3n) is 8.88. The zero-order chi connectivity index (χ0) is 18.3. The second-order valence-corrected chi connectivity index (χ2v) is 9.52. The summed E-state index contributed by atoms with van der Waals surface area (Å²) in [6.45, 7) is 5.65. The Morgan fingerprint density at radius 1 is 1.04 bits per heavy atom. The molecule has 25 heavy (non-hydrogen) atoms. The molecule has 0 aromatic carbocycles. The minimum atomic E-state index is -1.41. The number of carbonyl (C=O) groups is 2. The van der Waals surface area contributed by atoms with Gasteiger partial charge in [-0.05, 0) is 75.2 Å². The van der Waals surface area contributed by atoms with Gasteiger partial charge in [0.15, 0.2) is 11.6 Å². The Bertz CT molecular complexity index is 681. The van der Waals surface area contributed by atoms with Crippen molar-refractivity contribution in [1.82, 2.24) is 0 Å². The van der Waals surface area contributed by atoms with Gasteiger partial charge in [-0.1, -0.05) is 19.4 Å². The molecule has 0 aliphatic heterocycles. The van der Waals surface area contributed by atoms with Gasteiger partial charge in [-0.3, -0.25) is 9.59 Å². The first-order chi connectivity index (χ1) is 11.6. The predicted octanol–water partition coefficient (Wildman–Crippen LogP) is 2.95. The van der Waals surface area contributed by atoms with Crippen molar-refractivity contribution in [2.45, 2.75) is 83.3 Å². The Morgan fingerprint density at radius 2 is 1.76 bits per heavy atom. The topological polar surface area (TPSA) is 74.6 Å². The zero-order valence-corrected chi connectivity index (χ0v) is 15.6. The standard InChI is InChI=1S/C21H30O4/c1-13(22)20(24)10-11-21(25)17-5-4-14-12-15(23)6-8-18(14,2)16(17)7-9-19(20,21)3/h12,16-17,24-25H,4-11H2,1-3H3/t16-,17+,18-,19+,20-,21?/m0/s1. The van der Waals surface area contributed by atoms with Crippen LogP contribution in [0.15, 0.2) is 11.6 Å². The Morgan fingerprint density at radius 3 is 2.44 bits per heavy atom. The second-order valence-electron chi connectivity index (χ2n) is 9.52. The van der Waals surface area contributed by atoms with Gasteiger partial charge in [0.1, 0.15) is 5.60 Å². The summed E-state index contributed by atoms with van der Waals surface area (Å²) in [7, 11) is 0. The highest BCUT2D eigenvalue weighted by Crippen LogP contribution is 2.69. The summed E-state index contributed by atoms with van der Waals surface area (Å²) in [6.07, 6.45) is 7.43. The molecule has 3 saturated carbocycles. The molecular formula is C21H30O4. The maximum atomic E-state index is 12.2. The van der Waals surface area contributed by atoms with E-state index in [2.05, 4.69) is 6.92 Å².